The van der Waals surface area contributed by atoms with Gasteiger partial charge in [-0.2, -0.15) is 0 Å². The molecule has 0 unspecified atom stereocenters. The Hall–Kier alpha value is -0.530. The van der Waals surface area contributed by atoms with Crippen molar-refractivity contribution in [3.05, 3.63) is 0 Å². The first-order valence-electron chi connectivity index (χ1n) is 6.14. The molecule has 0 amide bonds. The molecule has 6 heteroatoms. The van der Waals surface area contributed by atoms with Crippen molar-refractivity contribution in [2.24, 2.45) is 0 Å². The van der Waals surface area contributed by atoms with Gasteiger partial charge in [0.05, 0.1) is 6.61 Å². The molecule has 3 saturated heterocycles. The van der Waals surface area contributed by atoms with Crippen molar-refractivity contribution in [1.82, 2.24) is 0 Å². The van der Waals surface area contributed by atoms with Gasteiger partial charge in [-0.1, -0.05) is 0 Å². The fourth-order valence-corrected chi connectivity index (χ4v) is 2.53. The topological polar surface area (TPSA) is 63.2 Å². The van der Waals surface area contributed by atoms with Crippen LogP contribution < -0.4 is 0 Å². The number of fused-ring (bicyclic) bond motifs is 1. The summed E-state index contributed by atoms with van der Waals surface area (Å²) in [5.41, 5.74) is 0. The lowest BCUT2D eigenvalue weighted by Crippen LogP contribution is -2.39. The summed E-state index contributed by atoms with van der Waals surface area (Å²) in [6.07, 6.45) is -2.35. The highest BCUT2D eigenvalue weighted by atomic mass is 16.8. The van der Waals surface area contributed by atoms with Crippen molar-refractivity contribution in [3.8, 4) is 0 Å². The maximum Gasteiger partial charge on any atom is 0.198 e. The van der Waals surface area contributed by atoms with Crippen LogP contribution in [0.3, 0.4) is 0 Å². The van der Waals surface area contributed by atoms with Crippen LogP contribution in [0, 0.1) is 0 Å². The average Bonchev–Trinajstić information content (AvgIpc) is 2.81. The van der Waals surface area contributed by atoms with E-state index >= 15 is 0 Å². The number of ether oxygens (including phenoxy) is 5. The summed E-state index contributed by atoms with van der Waals surface area (Å²) in [5.74, 6) is -1.58. The monoisotopic (exact) mass is 258 g/mol. The molecule has 0 radical (unpaired) electrons. The molecule has 6 nitrogen and oxygen atoms in total. The number of hydrogen-bond donors (Lipinski definition) is 0. The van der Waals surface area contributed by atoms with Crippen molar-refractivity contribution in [3.63, 3.8) is 0 Å². The molecule has 3 rings (SSSR count). The fourth-order valence-electron chi connectivity index (χ4n) is 2.53. The molecule has 0 aromatic rings. The van der Waals surface area contributed by atoms with E-state index in [0.29, 0.717) is 6.61 Å². The van der Waals surface area contributed by atoms with Crippen molar-refractivity contribution in [2.45, 2.75) is 63.9 Å². The SMILES string of the molecule is CC1(C)OC[C@H]([C@H]2O[C@@H]3OC(C)(C)O[C@H]3C2=O)O1. The van der Waals surface area contributed by atoms with Gasteiger partial charge in [0.15, 0.2) is 35.9 Å². The zero-order valence-corrected chi connectivity index (χ0v) is 11.0. The van der Waals surface area contributed by atoms with Crippen LogP contribution in [-0.4, -0.2) is 48.6 Å². The Balaban J connectivity index is 1.70. The normalized spacial score (nSPS) is 45.4. The summed E-state index contributed by atoms with van der Waals surface area (Å²) in [4.78, 5) is 12.2. The highest BCUT2D eigenvalue weighted by molar-refractivity contribution is 5.90. The Kier molecular flexibility index (Phi) is 2.60. The van der Waals surface area contributed by atoms with E-state index in [4.69, 9.17) is 23.7 Å². The third-order valence-electron chi connectivity index (χ3n) is 3.27. The van der Waals surface area contributed by atoms with Crippen LogP contribution in [0.4, 0.5) is 0 Å². The molecule has 0 saturated carbocycles. The first kappa shape index (κ1) is 12.5. The standard InChI is InChI=1S/C12H18O6/c1-11(2)14-5-6(16-11)8-7(13)9-10(15-8)18-12(3,4)17-9/h6,8-10H,5H2,1-4H3/t6-,8-,9+,10-/m1/s1. The lowest BCUT2D eigenvalue weighted by molar-refractivity contribution is -0.219. The minimum absolute atomic E-state index is 0.128. The van der Waals surface area contributed by atoms with Gasteiger partial charge >= 0.3 is 0 Å². The molecule has 0 aromatic heterocycles. The van der Waals surface area contributed by atoms with E-state index in [0.717, 1.165) is 0 Å². The molecule has 3 heterocycles. The zero-order valence-electron chi connectivity index (χ0n) is 11.0. The van der Waals surface area contributed by atoms with Gasteiger partial charge in [0, 0.05) is 0 Å². The second-order valence-electron chi connectivity index (χ2n) is 5.75. The maximum atomic E-state index is 12.2. The first-order chi connectivity index (χ1) is 8.27. The molecular weight excluding hydrogens is 240 g/mol. The summed E-state index contributed by atoms with van der Waals surface area (Å²) < 4.78 is 27.7. The number of ketones is 1. The molecular formula is C12H18O6. The molecule has 0 aromatic carbocycles. The smallest absolute Gasteiger partial charge is 0.198 e. The number of carbonyl (C=O) groups is 1. The third kappa shape index (κ3) is 1.98. The van der Waals surface area contributed by atoms with Crippen molar-refractivity contribution in [1.29, 1.82) is 0 Å². The van der Waals surface area contributed by atoms with Crippen LogP contribution in [0.5, 0.6) is 0 Å². The highest BCUT2D eigenvalue weighted by Crippen LogP contribution is 2.38. The van der Waals surface area contributed by atoms with E-state index in [9.17, 15) is 4.79 Å². The van der Waals surface area contributed by atoms with E-state index in [1.807, 2.05) is 13.8 Å². The van der Waals surface area contributed by atoms with Gasteiger partial charge < -0.3 is 23.7 Å². The van der Waals surface area contributed by atoms with E-state index in [-0.39, 0.29) is 5.78 Å². The number of Topliss-reactive ketones (excluding diaryl/α,β-unsaturated/α-hetero) is 1. The molecule has 0 bridgehead atoms. The molecule has 3 fully saturated rings. The van der Waals surface area contributed by atoms with Crippen LogP contribution in [0.1, 0.15) is 27.7 Å². The minimum atomic E-state index is -0.776. The predicted octanol–water partition coefficient (Wildman–Crippen LogP) is 0.583. The Morgan fingerprint density at radius 3 is 2.28 bits per heavy atom. The zero-order chi connectivity index (χ0) is 13.1. The van der Waals surface area contributed by atoms with E-state index in [1.165, 1.54) is 0 Å². The molecule has 3 aliphatic heterocycles. The summed E-state index contributed by atoms with van der Waals surface area (Å²) >= 11 is 0. The van der Waals surface area contributed by atoms with Crippen LogP contribution in [-0.2, 0) is 28.5 Å². The Bertz CT molecular complexity index is 377. The Morgan fingerprint density at radius 1 is 1.00 bits per heavy atom. The number of carbonyl (C=O) groups excluding carboxylic acids is 1. The summed E-state index contributed by atoms with van der Waals surface area (Å²) in [6.45, 7) is 7.48. The van der Waals surface area contributed by atoms with Gasteiger partial charge in [-0.05, 0) is 27.7 Å². The Morgan fingerprint density at radius 2 is 1.72 bits per heavy atom. The molecule has 3 aliphatic rings. The van der Waals surface area contributed by atoms with Gasteiger partial charge in [0.2, 0.25) is 0 Å². The van der Waals surface area contributed by atoms with Crippen molar-refractivity contribution >= 4 is 5.78 Å². The maximum absolute atomic E-state index is 12.2. The van der Waals surface area contributed by atoms with Gasteiger partial charge in [-0.25, -0.2) is 0 Å². The quantitative estimate of drug-likeness (QED) is 0.685. The van der Waals surface area contributed by atoms with E-state index in [1.54, 1.807) is 13.8 Å². The van der Waals surface area contributed by atoms with E-state index < -0.39 is 36.2 Å². The highest BCUT2D eigenvalue weighted by Gasteiger charge is 2.57. The Labute approximate surface area is 105 Å². The molecule has 102 valence electrons. The molecule has 18 heavy (non-hydrogen) atoms. The summed E-state index contributed by atoms with van der Waals surface area (Å²) in [7, 11) is 0. The van der Waals surface area contributed by atoms with Gasteiger partial charge in [-0.15, -0.1) is 0 Å². The first-order valence-corrected chi connectivity index (χ1v) is 6.14. The summed E-state index contributed by atoms with van der Waals surface area (Å²) in [5, 5.41) is 0. The summed E-state index contributed by atoms with van der Waals surface area (Å²) in [6, 6.07) is 0. The van der Waals surface area contributed by atoms with Crippen LogP contribution >= 0.6 is 0 Å². The van der Waals surface area contributed by atoms with Crippen LogP contribution in [0.2, 0.25) is 0 Å². The molecule has 0 aliphatic carbocycles. The van der Waals surface area contributed by atoms with Crippen molar-refractivity contribution < 1.29 is 28.5 Å². The number of rotatable bonds is 1. The van der Waals surface area contributed by atoms with Gasteiger partial charge in [0.25, 0.3) is 0 Å². The largest absolute Gasteiger partial charge is 0.348 e. The number of hydrogen-bond acceptors (Lipinski definition) is 6. The second-order valence-corrected chi connectivity index (χ2v) is 5.75. The lowest BCUT2D eigenvalue weighted by atomic mass is 10.1. The molecule has 0 N–H and O–H groups in total. The minimum Gasteiger partial charge on any atom is -0.348 e. The lowest BCUT2D eigenvalue weighted by Gasteiger charge is -2.23. The molecule has 0 spiro atoms. The van der Waals surface area contributed by atoms with Crippen molar-refractivity contribution in [2.75, 3.05) is 6.61 Å². The third-order valence-corrected chi connectivity index (χ3v) is 3.27. The van der Waals surface area contributed by atoms with Crippen LogP contribution in [0.15, 0.2) is 0 Å². The van der Waals surface area contributed by atoms with Gasteiger partial charge in [0.1, 0.15) is 6.10 Å². The van der Waals surface area contributed by atoms with Gasteiger partial charge in [-0.3, -0.25) is 4.79 Å². The predicted molar refractivity (Wildman–Crippen MR) is 58.6 cm³/mol. The fraction of sp³-hybridized carbons (Fsp3) is 0.917. The molecule has 4 atom stereocenters. The van der Waals surface area contributed by atoms with E-state index in [2.05, 4.69) is 0 Å². The van der Waals surface area contributed by atoms with Crippen LogP contribution in [0.25, 0.3) is 0 Å². The average molecular weight is 258 g/mol. The second kappa shape index (κ2) is 3.74.